The molecule has 0 aliphatic heterocycles. The van der Waals surface area contributed by atoms with Gasteiger partial charge in [-0.25, -0.2) is 0 Å². The molecule has 3 amide bonds. The number of hydrazine groups is 1. The highest BCUT2D eigenvalue weighted by Crippen LogP contribution is 2.10. The SMILES string of the molecule is Cc1ccccc1C(=O)N[C@H](CC(C)C)C(=O)NNC(=O)c1cccs1. The third-order valence-electron chi connectivity index (χ3n) is 3.76. The molecule has 138 valence electrons. The number of carbonyl (C=O) groups excluding carboxylic acids is 3. The zero-order valence-electron chi connectivity index (χ0n) is 15.0. The number of aryl methyl sites for hydroxylation is 1. The van der Waals surface area contributed by atoms with E-state index in [0.29, 0.717) is 16.9 Å². The lowest BCUT2D eigenvalue weighted by molar-refractivity contribution is -0.124. The van der Waals surface area contributed by atoms with Crippen LogP contribution in [0.1, 0.15) is 45.9 Å². The van der Waals surface area contributed by atoms with Crippen molar-refractivity contribution in [2.45, 2.75) is 33.2 Å². The molecule has 0 aliphatic rings. The third kappa shape index (κ3) is 5.42. The van der Waals surface area contributed by atoms with Gasteiger partial charge in [0.2, 0.25) is 0 Å². The summed E-state index contributed by atoms with van der Waals surface area (Å²) in [6.45, 7) is 5.77. The molecule has 0 fully saturated rings. The van der Waals surface area contributed by atoms with Gasteiger partial charge in [-0.3, -0.25) is 25.2 Å². The van der Waals surface area contributed by atoms with E-state index in [-0.39, 0.29) is 17.7 Å². The summed E-state index contributed by atoms with van der Waals surface area (Å²) >= 11 is 1.28. The summed E-state index contributed by atoms with van der Waals surface area (Å²) in [5, 5.41) is 4.54. The predicted octanol–water partition coefficient (Wildman–Crippen LogP) is 2.66. The number of benzene rings is 1. The molecule has 0 aliphatic carbocycles. The van der Waals surface area contributed by atoms with Crippen molar-refractivity contribution in [3.05, 3.63) is 57.8 Å². The van der Waals surface area contributed by atoms with Crippen molar-refractivity contribution in [1.29, 1.82) is 0 Å². The zero-order valence-corrected chi connectivity index (χ0v) is 15.9. The Balaban J connectivity index is 2.01. The maximum absolute atomic E-state index is 12.5. The van der Waals surface area contributed by atoms with Gasteiger partial charge in [0.05, 0.1) is 4.88 Å². The van der Waals surface area contributed by atoms with Crippen LogP contribution in [0.15, 0.2) is 41.8 Å². The third-order valence-corrected chi connectivity index (χ3v) is 4.63. The van der Waals surface area contributed by atoms with Crippen LogP contribution in [0.5, 0.6) is 0 Å². The first kappa shape index (κ1) is 19.7. The molecular weight excluding hydrogens is 350 g/mol. The van der Waals surface area contributed by atoms with Gasteiger partial charge in [0, 0.05) is 5.56 Å². The average molecular weight is 373 g/mol. The number of amides is 3. The van der Waals surface area contributed by atoms with E-state index < -0.39 is 11.9 Å². The highest BCUT2D eigenvalue weighted by Gasteiger charge is 2.23. The molecule has 0 spiro atoms. The fourth-order valence-electron chi connectivity index (χ4n) is 2.44. The van der Waals surface area contributed by atoms with Crippen molar-refractivity contribution in [2.24, 2.45) is 5.92 Å². The summed E-state index contributed by atoms with van der Waals surface area (Å²) in [6.07, 6.45) is 0.457. The van der Waals surface area contributed by atoms with Crippen LogP contribution in [-0.4, -0.2) is 23.8 Å². The number of hydrogen-bond acceptors (Lipinski definition) is 4. The number of hydrogen-bond donors (Lipinski definition) is 3. The Morgan fingerprint density at radius 3 is 2.35 bits per heavy atom. The van der Waals surface area contributed by atoms with Gasteiger partial charge in [-0.05, 0) is 42.3 Å². The van der Waals surface area contributed by atoms with Crippen molar-refractivity contribution >= 4 is 29.1 Å². The standard InChI is InChI=1S/C19H23N3O3S/c1-12(2)11-15(20-17(23)14-8-5-4-7-13(14)3)18(24)21-22-19(25)16-9-6-10-26-16/h4-10,12,15H,11H2,1-3H3,(H,20,23)(H,21,24)(H,22,25)/t15-/m1/s1. The Kier molecular flexibility index (Phi) is 6.91. The molecule has 0 bridgehead atoms. The molecule has 0 saturated heterocycles. The van der Waals surface area contributed by atoms with Crippen LogP contribution in [-0.2, 0) is 4.79 Å². The van der Waals surface area contributed by atoms with Gasteiger partial charge >= 0.3 is 0 Å². The largest absolute Gasteiger partial charge is 0.340 e. The van der Waals surface area contributed by atoms with E-state index in [1.54, 1.807) is 29.6 Å². The minimum absolute atomic E-state index is 0.191. The molecule has 1 atom stereocenters. The van der Waals surface area contributed by atoms with Gasteiger partial charge in [-0.1, -0.05) is 38.1 Å². The predicted molar refractivity (Wildman–Crippen MR) is 102 cm³/mol. The van der Waals surface area contributed by atoms with Crippen LogP contribution < -0.4 is 16.2 Å². The van der Waals surface area contributed by atoms with Crippen LogP contribution in [0.2, 0.25) is 0 Å². The smallest absolute Gasteiger partial charge is 0.279 e. The number of nitrogens with one attached hydrogen (secondary N) is 3. The molecule has 1 aromatic heterocycles. The van der Waals surface area contributed by atoms with Crippen LogP contribution >= 0.6 is 11.3 Å². The van der Waals surface area contributed by atoms with Crippen molar-refractivity contribution in [2.75, 3.05) is 0 Å². The first-order valence-corrected chi connectivity index (χ1v) is 9.26. The molecule has 2 rings (SSSR count). The summed E-state index contributed by atoms with van der Waals surface area (Å²) in [5.41, 5.74) is 6.14. The Morgan fingerprint density at radius 1 is 1.00 bits per heavy atom. The Morgan fingerprint density at radius 2 is 1.73 bits per heavy atom. The average Bonchev–Trinajstić information content (AvgIpc) is 3.13. The highest BCUT2D eigenvalue weighted by atomic mass is 32.1. The fourth-order valence-corrected chi connectivity index (χ4v) is 3.06. The summed E-state index contributed by atoms with van der Waals surface area (Å²) < 4.78 is 0. The molecule has 3 N–H and O–H groups in total. The minimum atomic E-state index is -0.745. The maximum atomic E-state index is 12.5. The molecule has 1 heterocycles. The van der Waals surface area contributed by atoms with E-state index in [1.807, 2.05) is 32.9 Å². The second-order valence-electron chi connectivity index (χ2n) is 6.39. The summed E-state index contributed by atoms with van der Waals surface area (Å²) in [7, 11) is 0. The van der Waals surface area contributed by atoms with Gasteiger partial charge in [-0.2, -0.15) is 0 Å². The van der Waals surface area contributed by atoms with Crippen molar-refractivity contribution in [1.82, 2.24) is 16.2 Å². The number of rotatable bonds is 6. The van der Waals surface area contributed by atoms with Gasteiger partial charge in [0.1, 0.15) is 6.04 Å². The highest BCUT2D eigenvalue weighted by molar-refractivity contribution is 7.12. The molecule has 6 nitrogen and oxygen atoms in total. The van der Waals surface area contributed by atoms with Crippen LogP contribution in [0.3, 0.4) is 0 Å². The normalized spacial score (nSPS) is 11.7. The van der Waals surface area contributed by atoms with Crippen molar-refractivity contribution < 1.29 is 14.4 Å². The lowest BCUT2D eigenvalue weighted by Gasteiger charge is -2.20. The molecule has 0 unspecified atom stereocenters. The molecule has 7 heteroatoms. The topological polar surface area (TPSA) is 87.3 Å². The van der Waals surface area contributed by atoms with E-state index in [1.165, 1.54) is 11.3 Å². The number of thiophene rings is 1. The van der Waals surface area contributed by atoms with E-state index in [9.17, 15) is 14.4 Å². The van der Waals surface area contributed by atoms with Gasteiger partial charge < -0.3 is 5.32 Å². The van der Waals surface area contributed by atoms with Gasteiger partial charge in [0.15, 0.2) is 0 Å². The Hall–Kier alpha value is -2.67. The Labute approximate surface area is 157 Å². The first-order valence-electron chi connectivity index (χ1n) is 8.38. The molecule has 0 radical (unpaired) electrons. The van der Waals surface area contributed by atoms with E-state index in [4.69, 9.17) is 0 Å². The molecule has 0 saturated carbocycles. The molecule has 1 aromatic carbocycles. The van der Waals surface area contributed by atoms with E-state index in [0.717, 1.165) is 5.56 Å². The van der Waals surface area contributed by atoms with Gasteiger partial charge in [-0.15, -0.1) is 11.3 Å². The Bertz CT molecular complexity index is 772. The number of carbonyl (C=O) groups is 3. The van der Waals surface area contributed by atoms with E-state index >= 15 is 0 Å². The van der Waals surface area contributed by atoms with Gasteiger partial charge in [0.25, 0.3) is 17.7 Å². The molecule has 2 aromatic rings. The van der Waals surface area contributed by atoms with Crippen molar-refractivity contribution in [3.63, 3.8) is 0 Å². The summed E-state index contributed by atoms with van der Waals surface area (Å²) in [6, 6.07) is 9.86. The lowest BCUT2D eigenvalue weighted by Crippen LogP contribution is -2.52. The second-order valence-corrected chi connectivity index (χ2v) is 7.34. The second kappa shape index (κ2) is 9.15. The monoisotopic (exact) mass is 373 g/mol. The molecule has 26 heavy (non-hydrogen) atoms. The van der Waals surface area contributed by atoms with Crippen LogP contribution in [0.4, 0.5) is 0 Å². The maximum Gasteiger partial charge on any atom is 0.279 e. The summed E-state index contributed by atoms with van der Waals surface area (Å²) in [5.74, 6) is -0.961. The first-order chi connectivity index (χ1) is 12.4. The van der Waals surface area contributed by atoms with Crippen LogP contribution in [0, 0.1) is 12.8 Å². The quantitative estimate of drug-likeness (QED) is 0.680. The van der Waals surface area contributed by atoms with Crippen molar-refractivity contribution in [3.8, 4) is 0 Å². The van der Waals surface area contributed by atoms with E-state index in [2.05, 4.69) is 16.2 Å². The fraction of sp³-hybridized carbons (Fsp3) is 0.316. The zero-order chi connectivity index (χ0) is 19.1. The summed E-state index contributed by atoms with van der Waals surface area (Å²) in [4.78, 5) is 37.4. The molecular formula is C19H23N3O3S. The van der Waals surface area contributed by atoms with Crippen LogP contribution in [0.25, 0.3) is 0 Å². The minimum Gasteiger partial charge on any atom is -0.340 e. The lowest BCUT2D eigenvalue weighted by atomic mass is 10.0.